The highest BCUT2D eigenvalue weighted by Crippen LogP contribution is 2.55. The van der Waals surface area contributed by atoms with Gasteiger partial charge in [0.2, 0.25) is 0 Å². The van der Waals surface area contributed by atoms with Crippen LogP contribution in [-0.4, -0.2) is 0 Å². The second-order valence-corrected chi connectivity index (χ2v) is 16.5. The summed E-state index contributed by atoms with van der Waals surface area (Å²) in [6, 6.07) is 64.6. The van der Waals surface area contributed by atoms with E-state index in [1.807, 2.05) is 6.07 Å². The monoisotopic (exact) mass is 719 g/mol. The van der Waals surface area contributed by atoms with Crippen LogP contribution in [0, 0.1) is 0 Å². The Kier molecular flexibility index (Phi) is 6.98. The third-order valence-corrected chi connectivity index (χ3v) is 12.7. The molecule has 2 aliphatic carbocycles. The number of fused-ring (bicyclic) bond motifs is 9. The smallest absolute Gasteiger partial charge is 0.136 e. The topological polar surface area (TPSA) is 16.4 Å². The molecule has 8 aromatic carbocycles. The van der Waals surface area contributed by atoms with Crippen molar-refractivity contribution in [1.82, 2.24) is 0 Å². The minimum Gasteiger partial charge on any atom is -0.456 e. The molecule has 0 radical (unpaired) electrons. The van der Waals surface area contributed by atoms with Gasteiger partial charge in [0.1, 0.15) is 11.2 Å². The van der Waals surface area contributed by atoms with E-state index >= 15 is 0 Å². The summed E-state index contributed by atoms with van der Waals surface area (Å²) in [5, 5.41) is 2.27. The van der Waals surface area contributed by atoms with Crippen molar-refractivity contribution in [3.05, 3.63) is 198 Å². The normalized spacial score (nSPS) is 14.4. The molecule has 0 unspecified atom stereocenters. The molecule has 2 heteroatoms. The Labute approximate surface area is 328 Å². The quantitative estimate of drug-likeness (QED) is 0.176. The number of benzene rings is 8. The first-order valence-electron chi connectivity index (χ1n) is 19.7. The molecular weight excluding hydrogens is 679 g/mol. The van der Waals surface area contributed by atoms with E-state index < -0.39 is 0 Å². The Morgan fingerprint density at radius 2 is 0.929 bits per heavy atom. The lowest BCUT2D eigenvalue weighted by molar-refractivity contribution is 0.660. The highest BCUT2D eigenvalue weighted by molar-refractivity contribution is 6.07. The van der Waals surface area contributed by atoms with E-state index in [0.717, 1.165) is 50.1 Å². The molecule has 0 atom stereocenters. The average molecular weight is 720 g/mol. The predicted octanol–water partition coefficient (Wildman–Crippen LogP) is 15.0. The van der Waals surface area contributed by atoms with E-state index in [0.29, 0.717) is 0 Å². The largest absolute Gasteiger partial charge is 0.456 e. The Morgan fingerprint density at radius 1 is 0.375 bits per heavy atom. The summed E-state index contributed by atoms with van der Waals surface area (Å²) in [6.07, 6.45) is 0. The lowest BCUT2D eigenvalue weighted by atomic mass is 9.82. The van der Waals surface area contributed by atoms with Gasteiger partial charge in [-0.1, -0.05) is 161 Å². The van der Waals surface area contributed by atoms with Crippen molar-refractivity contribution >= 4 is 39.0 Å². The van der Waals surface area contributed by atoms with Gasteiger partial charge >= 0.3 is 0 Å². The molecular formula is C54H41NO. The molecule has 0 N–H and O–H groups in total. The number of nitrogens with zero attached hydrogens (tertiary/aromatic N) is 1. The van der Waals surface area contributed by atoms with Gasteiger partial charge in [-0.2, -0.15) is 0 Å². The second kappa shape index (κ2) is 11.9. The van der Waals surface area contributed by atoms with Gasteiger partial charge in [0.15, 0.2) is 0 Å². The standard InChI is InChI=1S/C54H41NO/c1-53(2)45-23-11-6-20-43(45)52-42(21-15-24-46(52)53)39-18-8-13-26-49(39)55(35-29-31-38-37-17-5-10-22-44(37)54(3,4)47(38)33-35)48-25-12-7-16-36(48)34-28-30-41-40-19-9-14-27-50(40)56-51(41)32-34/h5-33H,1-4H3. The van der Waals surface area contributed by atoms with Crippen molar-refractivity contribution in [2.75, 3.05) is 4.90 Å². The number of para-hydroxylation sites is 3. The van der Waals surface area contributed by atoms with Crippen molar-refractivity contribution < 1.29 is 4.42 Å². The maximum Gasteiger partial charge on any atom is 0.136 e. The molecule has 1 heterocycles. The van der Waals surface area contributed by atoms with Crippen LogP contribution in [0.4, 0.5) is 17.1 Å². The van der Waals surface area contributed by atoms with Crippen LogP contribution in [0.1, 0.15) is 49.9 Å². The molecule has 9 aromatic rings. The summed E-state index contributed by atoms with van der Waals surface area (Å²) >= 11 is 0. The summed E-state index contributed by atoms with van der Waals surface area (Å²) in [5.74, 6) is 0. The molecule has 0 saturated carbocycles. The SMILES string of the molecule is CC1(C)c2ccccc2-c2ccc(N(c3ccccc3-c3ccc4c(c3)oc3ccccc34)c3ccccc3-c3cccc4c3-c3ccccc3C4(C)C)cc21. The lowest BCUT2D eigenvalue weighted by Crippen LogP contribution is -2.17. The number of hydrogen-bond donors (Lipinski definition) is 0. The van der Waals surface area contributed by atoms with Gasteiger partial charge in [-0.25, -0.2) is 0 Å². The average Bonchev–Trinajstić information content (AvgIpc) is 3.81. The first-order valence-corrected chi connectivity index (χ1v) is 19.7. The summed E-state index contributed by atoms with van der Waals surface area (Å²) in [4.78, 5) is 2.50. The van der Waals surface area contributed by atoms with E-state index in [1.54, 1.807) is 0 Å². The van der Waals surface area contributed by atoms with Crippen LogP contribution in [0.5, 0.6) is 0 Å². The lowest BCUT2D eigenvalue weighted by Gasteiger charge is -2.31. The van der Waals surface area contributed by atoms with Gasteiger partial charge in [0.25, 0.3) is 0 Å². The first kappa shape index (κ1) is 32.8. The number of furan rings is 1. The summed E-state index contributed by atoms with van der Waals surface area (Å²) in [5.41, 5.74) is 20.4. The van der Waals surface area contributed by atoms with Crippen LogP contribution in [0.2, 0.25) is 0 Å². The zero-order valence-corrected chi connectivity index (χ0v) is 32.1. The second-order valence-electron chi connectivity index (χ2n) is 16.5. The van der Waals surface area contributed by atoms with E-state index in [2.05, 4.69) is 202 Å². The zero-order valence-electron chi connectivity index (χ0n) is 32.1. The fraction of sp³-hybridized carbons (Fsp3) is 0.111. The molecule has 268 valence electrons. The Hall–Kier alpha value is -6.64. The van der Waals surface area contributed by atoms with Gasteiger partial charge in [-0.15, -0.1) is 0 Å². The van der Waals surface area contributed by atoms with Gasteiger partial charge in [-0.3, -0.25) is 0 Å². The molecule has 0 bridgehead atoms. The molecule has 0 saturated heterocycles. The minimum atomic E-state index is -0.144. The van der Waals surface area contributed by atoms with Crippen molar-refractivity contribution in [3.63, 3.8) is 0 Å². The fourth-order valence-corrected chi connectivity index (χ4v) is 9.92. The van der Waals surface area contributed by atoms with Crippen LogP contribution in [0.3, 0.4) is 0 Å². The Balaban J connectivity index is 1.17. The molecule has 0 spiro atoms. The molecule has 11 rings (SSSR count). The highest BCUT2D eigenvalue weighted by atomic mass is 16.3. The highest BCUT2D eigenvalue weighted by Gasteiger charge is 2.38. The van der Waals surface area contributed by atoms with Crippen molar-refractivity contribution in [3.8, 4) is 44.5 Å². The van der Waals surface area contributed by atoms with Crippen molar-refractivity contribution in [1.29, 1.82) is 0 Å². The molecule has 0 fully saturated rings. The molecule has 0 amide bonds. The third-order valence-electron chi connectivity index (χ3n) is 12.7. The molecule has 0 aliphatic heterocycles. The Bertz CT molecular complexity index is 3050. The van der Waals surface area contributed by atoms with Crippen molar-refractivity contribution in [2.24, 2.45) is 0 Å². The summed E-state index contributed by atoms with van der Waals surface area (Å²) < 4.78 is 6.44. The van der Waals surface area contributed by atoms with Gasteiger partial charge in [0, 0.05) is 38.4 Å². The van der Waals surface area contributed by atoms with Crippen LogP contribution in [0.25, 0.3) is 66.4 Å². The number of hydrogen-bond acceptors (Lipinski definition) is 2. The van der Waals surface area contributed by atoms with E-state index in [-0.39, 0.29) is 10.8 Å². The third kappa shape index (κ3) is 4.62. The molecule has 56 heavy (non-hydrogen) atoms. The van der Waals surface area contributed by atoms with Crippen LogP contribution >= 0.6 is 0 Å². The fourth-order valence-electron chi connectivity index (χ4n) is 9.92. The van der Waals surface area contributed by atoms with Gasteiger partial charge < -0.3 is 9.32 Å². The molecule has 2 nitrogen and oxygen atoms in total. The minimum absolute atomic E-state index is 0.0982. The number of rotatable bonds is 5. The van der Waals surface area contributed by atoms with E-state index in [1.165, 1.54) is 55.6 Å². The van der Waals surface area contributed by atoms with Crippen LogP contribution in [0.15, 0.2) is 180 Å². The van der Waals surface area contributed by atoms with E-state index in [9.17, 15) is 0 Å². The van der Waals surface area contributed by atoms with E-state index in [4.69, 9.17) is 4.42 Å². The Morgan fingerprint density at radius 3 is 1.73 bits per heavy atom. The van der Waals surface area contributed by atoms with Crippen LogP contribution < -0.4 is 4.90 Å². The van der Waals surface area contributed by atoms with Crippen molar-refractivity contribution in [2.45, 2.75) is 38.5 Å². The van der Waals surface area contributed by atoms with Crippen LogP contribution in [-0.2, 0) is 10.8 Å². The predicted molar refractivity (Wildman–Crippen MR) is 234 cm³/mol. The maximum atomic E-state index is 6.44. The maximum absolute atomic E-state index is 6.44. The van der Waals surface area contributed by atoms with Gasteiger partial charge in [0.05, 0.1) is 11.4 Å². The molecule has 2 aliphatic rings. The molecule has 1 aromatic heterocycles. The first-order chi connectivity index (χ1) is 27.3. The summed E-state index contributed by atoms with van der Waals surface area (Å²) in [6.45, 7) is 9.45. The summed E-state index contributed by atoms with van der Waals surface area (Å²) in [7, 11) is 0. The number of anilines is 3. The van der Waals surface area contributed by atoms with Gasteiger partial charge in [-0.05, 0) is 98.1 Å². The zero-order chi connectivity index (χ0) is 37.8.